The lowest BCUT2D eigenvalue weighted by Gasteiger charge is -2.29. The molecule has 0 saturated carbocycles. The molecule has 2 atom stereocenters. The maximum absolute atomic E-state index is 10.2. The summed E-state index contributed by atoms with van der Waals surface area (Å²) in [6.07, 6.45) is 10.2. The van der Waals surface area contributed by atoms with Crippen LogP contribution in [0.25, 0.3) is 0 Å². The van der Waals surface area contributed by atoms with Crippen LogP contribution >= 0.6 is 0 Å². The number of hydrogen-bond donors (Lipinski definition) is 2. The van der Waals surface area contributed by atoms with Crippen molar-refractivity contribution in [1.82, 2.24) is 0 Å². The molecule has 0 aliphatic heterocycles. The van der Waals surface area contributed by atoms with E-state index in [0.717, 1.165) is 38.5 Å². The lowest BCUT2D eigenvalue weighted by Crippen LogP contribution is -2.39. The number of rotatable bonds is 11. The van der Waals surface area contributed by atoms with Crippen molar-refractivity contribution in [1.29, 1.82) is 0 Å². The van der Waals surface area contributed by atoms with Crippen molar-refractivity contribution in [2.24, 2.45) is 0 Å². The predicted octanol–water partition coefficient (Wildman–Crippen LogP) is 4.04. The van der Waals surface area contributed by atoms with Crippen LogP contribution in [-0.4, -0.2) is 21.9 Å². The van der Waals surface area contributed by atoms with Gasteiger partial charge in [-0.1, -0.05) is 65.2 Å². The highest BCUT2D eigenvalue weighted by atomic mass is 16.3. The molecule has 0 bridgehead atoms. The van der Waals surface area contributed by atoms with E-state index in [2.05, 4.69) is 13.8 Å². The second-order valence-electron chi connectivity index (χ2n) is 5.53. The quantitative estimate of drug-likeness (QED) is 0.539. The number of aliphatic hydroxyl groups excluding tert-OH is 1. The molecule has 0 heterocycles. The SMILES string of the molecule is CCCCCCCC(O)C(C)(O)CCCCC. The molecule has 17 heavy (non-hydrogen) atoms. The van der Waals surface area contributed by atoms with Crippen molar-refractivity contribution in [3.05, 3.63) is 0 Å². The Hall–Kier alpha value is -0.0800. The monoisotopic (exact) mass is 244 g/mol. The van der Waals surface area contributed by atoms with E-state index >= 15 is 0 Å². The Morgan fingerprint density at radius 2 is 1.41 bits per heavy atom. The smallest absolute Gasteiger partial charge is 0.0877 e. The highest BCUT2D eigenvalue weighted by molar-refractivity contribution is 4.81. The molecule has 0 spiro atoms. The number of unbranched alkanes of at least 4 members (excludes halogenated alkanes) is 6. The third-order valence-corrected chi connectivity index (χ3v) is 3.59. The molecule has 0 aromatic rings. The van der Waals surface area contributed by atoms with E-state index in [4.69, 9.17) is 0 Å². The van der Waals surface area contributed by atoms with Crippen LogP contribution in [0.2, 0.25) is 0 Å². The van der Waals surface area contributed by atoms with E-state index in [9.17, 15) is 10.2 Å². The highest BCUT2D eigenvalue weighted by Gasteiger charge is 2.28. The lowest BCUT2D eigenvalue weighted by atomic mass is 9.89. The van der Waals surface area contributed by atoms with E-state index in [-0.39, 0.29) is 0 Å². The van der Waals surface area contributed by atoms with Gasteiger partial charge in [0.15, 0.2) is 0 Å². The standard InChI is InChI=1S/C15H32O2/c1-4-6-8-9-10-12-14(16)15(3,17)13-11-7-5-2/h14,16-17H,4-13H2,1-3H3. The first-order valence-corrected chi connectivity index (χ1v) is 7.45. The molecule has 104 valence electrons. The van der Waals surface area contributed by atoms with E-state index in [1.165, 1.54) is 25.7 Å². The summed E-state index contributed by atoms with van der Waals surface area (Å²) in [4.78, 5) is 0. The third-order valence-electron chi connectivity index (χ3n) is 3.59. The normalized spacial score (nSPS) is 16.8. The van der Waals surface area contributed by atoms with E-state index in [1.807, 2.05) is 0 Å². The fourth-order valence-corrected chi connectivity index (χ4v) is 2.15. The van der Waals surface area contributed by atoms with E-state index in [1.54, 1.807) is 6.92 Å². The summed E-state index contributed by atoms with van der Waals surface area (Å²) in [7, 11) is 0. The Labute approximate surface area is 107 Å². The van der Waals surface area contributed by atoms with Gasteiger partial charge in [0, 0.05) is 0 Å². The number of hydrogen-bond acceptors (Lipinski definition) is 2. The Morgan fingerprint density at radius 1 is 0.882 bits per heavy atom. The average molecular weight is 244 g/mol. The van der Waals surface area contributed by atoms with Crippen molar-refractivity contribution < 1.29 is 10.2 Å². The van der Waals surface area contributed by atoms with Crippen LogP contribution in [0.5, 0.6) is 0 Å². The Kier molecular flexibility index (Phi) is 9.85. The maximum atomic E-state index is 10.2. The summed E-state index contributed by atoms with van der Waals surface area (Å²) in [5.41, 5.74) is -0.889. The zero-order chi connectivity index (χ0) is 13.1. The maximum Gasteiger partial charge on any atom is 0.0877 e. The van der Waals surface area contributed by atoms with Crippen LogP contribution in [0.1, 0.15) is 85.0 Å². The first-order chi connectivity index (χ1) is 8.04. The van der Waals surface area contributed by atoms with Crippen molar-refractivity contribution >= 4 is 0 Å². The summed E-state index contributed by atoms with van der Waals surface area (Å²) in [5.74, 6) is 0. The molecule has 0 aliphatic rings. The van der Waals surface area contributed by atoms with E-state index < -0.39 is 11.7 Å². The lowest BCUT2D eigenvalue weighted by molar-refractivity contribution is -0.0721. The highest BCUT2D eigenvalue weighted by Crippen LogP contribution is 2.22. The summed E-state index contributed by atoms with van der Waals surface area (Å²) in [6, 6.07) is 0. The molecule has 0 fully saturated rings. The topological polar surface area (TPSA) is 40.5 Å². The molecule has 2 unspecified atom stereocenters. The first kappa shape index (κ1) is 16.9. The summed E-state index contributed by atoms with van der Waals surface area (Å²) >= 11 is 0. The summed E-state index contributed by atoms with van der Waals surface area (Å²) in [6.45, 7) is 6.13. The van der Waals surface area contributed by atoms with Crippen LogP contribution < -0.4 is 0 Å². The summed E-state index contributed by atoms with van der Waals surface area (Å²) < 4.78 is 0. The van der Waals surface area contributed by atoms with Crippen LogP contribution in [0.3, 0.4) is 0 Å². The Morgan fingerprint density at radius 3 is 2.00 bits per heavy atom. The van der Waals surface area contributed by atoms with Gasteiger partial charge in [0.05, 0.1) is 11.7 Å². The van der Waals surface area contributed by atoms with Crippen molar-refractivity contribution in [2.75, 3.05) is 0 Å². The van der Waals surface area contributed by atoms with Gasteiger partial charge in [-0.15, -0.1) is 0 Å². The van der Waals surface area contributed by atoms with Crippen LogP contribution in [0.15, 0.2) is 0 Å². The van der Waals surface area contributed by atoms with Gasteiger partial charge in [0.25, 0.3) is 0 Å². The average Bonchev–Trinajstić information content (AvgIpc) is 2.28. The molecule has 2 heteroatoms. The van der Waals surface area contributed by atoms with Gasteiger partial charge in [-0.3, -0.25) is 0 Å². The third kappa shape index (κ3) is 8.62. The van der Waals surface area contributed by atoms with Gasteiger partial charge in [0.1, 0.15) is 0 Å². The first-order valence-electron chi connectivity index (χ1n) is 7.45. The molecule has 2 nitrogen and oxygen atoms in total. The molecule has 0 aromatic heterocycles. The van der Waals surface area contributed by atoms with Gasteiger partial charge in [0.2, 0.25) is 0 Å². The van der Waals surface area contributed by atoms with Crippen LogP contribution in [0.4, 0.5) is 0 Å². The van der Waals surface area contributed by atoms with Crippen molar-refractivity contribution in [3.63, 3.8) is 0 Å². The fourth-order valence-electron chi connectivity index (χ4n) is 2.15. The fraction of sp³-hybridized carbons (Fsp3) is 1.00. The van der Waals surface area contributed by atoms with Crippen molar-refractivity contribution in [3.8, 4) is 0 Å². The second kappa shape index (κ2) is 9.90. The second-order valence-corrected chi connectivity index (χ2v) is 5.53. The molecule has 0 rings (SSSR count). The predicted molar refractivity (Wildman–Crippen MR) is 74.1 cm³/mol. The zero-order valence-electron chi connectivity index (χ0n) is 12.0. The molecule has 0 aliphatic carbocycles. The largest absolute Gasteiger partial charge is 0.390 e. The Balaban J connectivity index is 3.66. The van der Waals surface area contributed by atoms with Gasteiger partial charge < -0.3 is 10.2 Å². The van der Waals surface area contributed by atoms with E-state index in [0.29, 0.717) is 0 Å². The van der Waals surface area contributed by atoms with Gasteiger partial charge >= 0.3 is 0 Å². The summed E-state index contributed by atoms with van der Waals surface area (Å²) in [5, 5.41) is 20.1. The molecule has 0 aromatic carbocycles. The van der Waals surface area contributed by atoms with Gasteiger partial charge in [-0.05, 0) is 19.8 Å². The molecular weight excluding hydrogens is 212 g/mol. The Bertz CT molecular complexity index is 166. The molecule has 2 N–H and O–H groups in total. The van der Waals surface area contributed by atoms with Crippen LogP contribution in [0, 0.1) is 0 Å². The van der Waals surface area contributed by atoms with Gasteiger partial charge in [-0.2, -0.15) is 0 Å². The minimum Gasteiger partial charge on any atom is -0.390 e. The van der Waals surface area contributed by atoms with Crippen molar-refractivity contribution in [2.45, 2.75) is 96.7 Å². The van der Waals surface area contributed by atoms with Gasteiger partial charge in [-0.25, -0.2) is 0 Å². The molecular formula is C15H32O2. The van der Waals surface area contributed by atoms with Crippen LogP contribution in [-0.2, 0) is 0 Å². The molecule has 0 amide bonds. The minimum absolute atomic E-state index is 0.555. The molecule has 0 saturated heterocycles. The number of aliphatic hydroxyl groups is 2. The zero-order valence-corrected chi connectivity index (χ0v) is 12.0. The molecule has 0 radical (unpaired) electrons. The minimum atomic E-state index is -0.889.